The van der Waals surface area contributed by atoms with Crippen molar-refractivity contribution in [1.29, 1.82) is 0 Å². The van der Waals surface area contributed by atoms with Gasteiger partial charge < -0.3 is 9.47 Å². The maximum absolute atomic E-state index is 13.9. The molecule has 0 saturated heterocycles. The van der Waals surface area contributed by atoms with Crippen molar-refractivity contribution < 1.29 is 22.7 Å². The van der Waals surface area contributed by atoms with Crippen LogP contribution in [-0.2, 0) is 16.3 Å². The summed E-state index contributed by atoms with van der Waals surface area (Å²) in [6, 6.07) is 18.3. The molecule has 0 aliphatic rings. The van der Waals surface area contributed by atoms with Gasteiger partial charge in [-0.15, -0.1) is 0 Å². The molecule has 1 heterocycles. The van der Waals surface area contributed by atoms with Gasteiger partial charge in [-0.2, -0.15) is 0 Å². The lowest BCUT2D eigenvalue weighted by Gasteiger charge is -2.14. The molecule has 0 aliphatic carbocycles. The number of nitrogens with zero attached hydrogens (tertiary/aromatic N) is 1. The molecule has 0 radical (unpaired) electrons. The first kappa shape index (κ1) is 23.4. The van der Waals surface area contributed by atoms with E-state index in [2.05, 4.69) is 4.98 Å². The van der Waals surface area contributed by atoms with Crippen molar-refractivity contribution in [2.24, 2.45) is 0 Å². The van der Waals surface area contributed by atoms with Crippen molar-refractivity contribution in [3.05, 3.63) is 89.6 Å². The van der Waals surface area contributed by atoms with E-state index in [0.29, 0.717) is 34.6 Å². The monoisotopic (exact) mass is 475 g/mol. The molecular formula is C27H25NO5S. The van der Waals surface area contributed by atoms with E-state index in [9.17, 15) is 13.2 Å². The van der Waals surface area contributed by atoms with Crippen molar-refractivity contribution in [2.75, 3.05) is 13.7 Å². The Hall–Kier alpha value is -3.71. The summed E-state index contributed by atoms with van der Waals surface area (Å²) >= 11 is 0. The van der Waals surface area contributed by atoms with Crippen molar-refractivity contribution >= 4 is 26.5 Å². The Bertz CT molecular complexity index is 1440. The molecule has 0 amide bonds. The lowest BCUT2D eigenvalue weighted by atomic mass is 10.0. The first-order chi connectivity index (χ1) is 16.4. The van der Waals surface area contributed by atoms with E-state index < -0.39 is 15.6 Å². The van der Waals surface area contributed by atoms with Crippen LogP contribution in [0.25, 0.3) is 10.9 Å². The summed E-state index contributed by atoms with van der Waals surface area (Å²) in [5, 5.41) is 0.329. The SMILES string of the molecule is CCOc1ccc(C(=O)c2cnc3ccc(OC)cc3c2S(=O)(=O)c2ccc(CC)cc2)cc1. The van der Waals surface area contributed by atoms with Gasteiger partial charge >= 0.3 is 0 Å². The minimum Gasteiger partial charge on any atom is -0.497 e. The quantitative estimate of drug-likeness (QED) is 0.323. The Morgan fingerprint density at radius 1 is 0.912 bits per heavy atom. The maximum Gasteiger partial charge on any atom is 0.208 e. The molecule has 174 valence electrons. The molecule has 34 heavy (non-hydrogen) atoms. The lowest BCUT2D eigenvalue weighted by Crippen LogP contribution is -2.13. The number of carbonyl (C=O) groups excluding carboxylic acids is 1. The zero-order valence-corrected chi connectivity index (χ0v) is 20.1. The zero-order chi connectivity index (χ0) is 24.3. The number of hydrogen-bond donors (Lipinski definition) is 0. The van der Waals surface area contributed by atoms with Crippen LogP contribution >= 0.6 is 0 Å². The summed E-state index contributed by atoms with van der Waals surface area (Å²) < 4.78 is 38.6. The average Bonchev–Trinajstić information content (AvgIpc) is 2.87. The average molecular weight is 476 g/mol. The summed E-state index contributed by atoms with van der Waals surface area (Å²) in [6.45, 7) is 4.38. The van der Waals surface area contributed by atoms with E-state index in [1.165, 1.54) is 13.3 Å². The van der Waals surface area contributed by atoms with Gasteiger partial charge in [0.15, 0.2) is 5.78 Å². The first-order valence-corrected chi connectivity index (χ1v) is 12.5. The highest BCUT2D eigenvalue weighted by molar-refractivity contribution is 7.91. The summed E-state index contributed by atoms with van der Waals surface area (Å²) in [7, 11) is -2.56. The molecule has 4 rings (SSSR count). The number of ether oxygens (including phenoxy) is 2. The summed E-state index contributed by atoms with van der Waals surface area (Å²) in [4.78, 5) is 17.9. The molecule has 1 aromatic heterocycles. The number of hydrogen-bond acceptors (Lipinski definition) is 6. The van der Waals surface area contributed by atoms with Crippen LogP contribution in [0, 0.1) is 0 Å². The normalized spacial score (nSPS) is 11.4. The Morgan fingerprint density at radius 3 is 2.21 bits per heavy atom. The number of carbonyl (C=O) groups is 1. The van der Waals surface area contributed by atoms with Gasteiger partial charge in [-0.1, -0.05) is 19.1 Å². The van der Waals surface area contributed by atoms with E-state index in [1.807, 2.05) is 13.8 Å². The Balaban J connectivity index is 1.95. The Labute approximate surface area is 199 Å². The summed E-state index contributed by atoms with van der Waals surface area (Å²) in [5.74, 6) is 0.658. The van der Waals surface area contributed by atoms with E-state index in [1.54, 1.807) is 66.7 Å². The summed E-state index contributed by atoms with van der Waals surface area (Å²) in [6.07, 6.45) is 2.12. The van der Waals surface area contributed by atoms with Crippen LogP contribution in [0.1, 0.15) is 35.3 Å². The van der Waals surface area contributed by atoms with E-state index in [4.69, 9.17) is 9.47 Å². The Morgan fingerprint density at radius 2 is 1.59 bits per heavy atom. The molecular weight excluding hydrogens is 450 g/mol. The molecule has 4 aromatic rings. The molecule has 0 bridgehead atoms. The standard InChI is InChI=1S/C27H25NO5S/c1-4-18-6-13-22(14-7-18)34(30,31)27-23-16-21(32-3)12-15-25(23)28-17-24(27)26(29)19-8-10-20(11-9-19)33-5-2/h6-17H,4-5H2,1-3H3. The summed E-state index contributed by atoms with van der Waals surface area (Å²) in [5.41, 5.74) is 1.81. The van der Waals surface area contributed by atoms with Crippen LogP contribution < -0.4 is 9.47 Å². The van der Waals surface area contributed by atoms with Crippen LogP contribution in [0.15, 0.2) is 82.7 Å². The molecule has 3 aromatic carbocycles. The number of methoxy groups -OCH3 is 1. The van der Waals surface area contributed by atoms with Crippen molar-refractivity contribution in [3.63, 3.8) is 0 Å². The second kappa shape index (κ2) is 9.65. The van der Waals surface area contributed by atoms with Gasteiger partial charge in [0, 0.05) is 17.1 Å². The van der Waals surface area contributed by atoms with Gasteiger partial charge in [-0.3, -0.25) is 9.78 Å². The van der Waals surface area contributed by atoms with Crippen LogP contribution in [0.2, 0.25) is 0 Å². The van der Waals surface area contributed by atoms with Crippen molar-refractivity contribution in [2.45, 2.75) is 30.1 Å². The van der Waals surface area contributed by atoms with Crippen LogP contribution in [0.5, 0.6) is 11.5 Å². The van der Waals surface area contributed by atoms with Gasteiger partial charge in [-0.05, 0) is 73.5 Å². The molecule has 0 spiro atoms. The fourth-order valence-corrected chi connectivity index (χ4v) is 5.39. The molecule has 0 N–H and O–H groups in total. The van der Waals surface area contributed by atoms with Crippen LogP contribution in [-0.4, -0.2) is 32.9 Å². The number of fused-ring (bicyclic) bond motifs is 1. The van der Waals surface area contributed by atoms with E-state index in [0.717, 1.165) is 12.0 Å². The molecule has 0 aliphatic heterocycles. The molecule has 6 nitrogen and oxygen atoms in total. The predicted octanol–water partition coefficient (Wildman–Crippen LogP) is 5.27. The van der Waals surface area contributed by atoms with Crippen LogP contribution in [0.3, 0.4) is 0 Å². The topological polar surface area (TPSA) is 82.6 Å². The van der Waals surface area contributed by atoms with Crippen LogP contribution in [0.4, 0.5) is 0 Å². The second-order valence-corrected chi connectivity index (χ2v) is 9.56. The predicted molar refractivity (Wildman–Crippen MR) is 131 cm³/mol. The molecule has 0 atom stereocenters. The Kier molecular flexibility index (Phi) is 6.65. The number of aryl methyl sites for hydroxylation is 1. The van der Waals surface area contributed by atoms with Crippen molar-refractivity contribution in [3.8, 4) is 11.5 Å². The first-order valence-electron chi connectivity index (χ1n) is 11.0. The van der Waals surface area contributed by atoms with Gasteiger partial charge in [0.05, 0.1) is 34.6 Å². The highest BCUT2D eigenvalue weighted by Crippen LogP contribution is 2.34. The second-order valence-electron chi connectivity index (χ2n) is 7.67. The number of aromatic nitrogens is 1. The number of pyridine rings is 1. The largest absolute Gasteiger partial charge is 0.497 e. The third kappa shape index (κ3) is 4.39. The van der Waals surface area contributed by atoms with Gasteiger partial charge in [0.1, 0.15) is 11.5 Å². The highest BCUT2D eigenvalue weighted by atomic mass is 32.2. The molecule has 0 saturated carbocycles. The zero-order valence-electron chi connectivity index (χ0n) is 19.2. The molecule has 0 fully saturated rings. The number of benzene rings is 3. The van der Waals surface area contributed by atoms with E-state index in [-0.39, 0.29) is 15.4 Å². The fourth-order valence-electron chi connectivity index (χ4n) is 3.77. The third-order valence-corrected chi connectivity index (χ3v) is 7.48. The number of sulfone groups is 1. The van der Waals surface area contributed by atoms with E-state index >= 15 is 0 Å². The van der Waals surface area contributed by atoms with Gasteiger partial charge in [-0.25, -0.2) is 8.42 Å². The highest BCUT2D eigenvalue weighted by Gasteiger charge is 2.29. The minimum atomic E-state index is -4.06. The number of rotatable bonds is 8. The number of ketones is 1. The minimum absolute atomic E-state index is 0.00415. The van der Waals surface area contributed by atoms with Gasteiger partial charge in [0.2, 0.25) is 9.84 Å². The molecule has 7 heteroatoms. The van der Waals surface area contributed by atoms with Gasteiger partial charge in [0.25, 0.3) is 0 Å². The fraction of sp³-hybridized carbons (Fsp3) is 0.185. The van der Waals surface area contributed by atoms with Crippen molar-refractivity contribution in [1.82, 2.24) is 4.98 Å². The lowest BCUT2D eigenvalue weighted by molar-refractivity contribution is 0.103. The molecule has 0 unspecified atom stereocenters. The maximum atomic E-state index is 13.9. The third-order valence-electron chi connectivity index (χ3n) is 5.61. The smallest absolute Gasteiger partial charge is 0.208 e.